The first-order valence-electron chi connectivity index (χ1n) is 6.00. The van der Waals surface area contributed by atoms with Crippen LogP contribution in [0.5, 0.6) is 0 Å². The molecule has 0 saturated heterocycles. The lowest BCUT2D eigenvalue weighted by Gasteiger charge is -2.13. The quantitative estimate of drug-likeness (QED) is 0.639. The second-order valence-electron chi connectivity index (χ2n) is 4.15. The molecule has 0 aromatic heterocycles. The molecule has 1 aromatic rings. The van der Waals surface area contributed by atoms with Crippen LogP contribution in [0.3, 0.4) is 0 Å². The maximum atomic E-state index is 12.1. The van der Waals surface area contributed by atoms with Crippen molar-refractivity contribution in [2.45, 2.75) is 17.9 Å². The van der Waals surface area contributed by atoms with E-state index in [0.29, 0.717) is 12.1 Å². The molecule has 0 saturated carbocycles. The van der Waals surface area contributed by atoms with Crippen LogP contribution in [0.15, 0.2) is 29.2 Å². The van der Waals surface area contributed by atoms with Crippen molar-refractivity contribution in [3.05, 3.63) is 29.8 Å². The van der Waals surface area contributed by atoms with E-state index in [1.165, 1.54) is 11.8 Å². The lowest BCUT2D eigenvalue weighted by molar-refractivity contribution is -0.115. The zero-order valence-corrected chi connectivity index (χ0v) is 11.9. The molecule has 104 valence electrons. The van der Waals surface area contributed by atoms with E-state index < -0.39 is 5.91 Å². The van der Waals surface area contributed by atoms with E-state index in [1.54, 1.807) is 12.1 Å². The number of hydrogen-bond acceptors (Lipinski definition) is 4. The van der Waals surface area contributed by atoms with Crippen LogP contribution in [0, 0.1) is 0 Å². The zero-order valence-electron chi connectivity index (χ0n) is 11.1. The van der Waals surface area contributed by atoms with E-state index in [4.69, 9.17) is 5.73 Å². The first-order valence-corrected chi connectivity index (χ1v) is 6.98. The van der Waals surface area contributed by atoms with Crippen molar-refractivity contribution < 1.29 is 9.59 Å². The molecule has 1 aromatic carbocycles. The summed E-state index contributed by atoms with van der Waals surface area (Å²) in [7, 11) is 1.84. The smallest absolute Gasteiger partial charge is 0.252 e. The summed E-state index contributed by atoms with van der Waals surface area (Å²) in [5.74, 6) is -0.379. The molecule has 0 aliphatic rings. The number of thioether (sulfide) groups is 1. The monoisotopic (exact) mass is 281 g/mol. The first kappa shape index (κ1) is 15.5. The summed E-state index contributed by atoms with van der Waals surface area (Å²) in [5, 5.41) is 5.89. The maximum absolute atomic E-state index is 12.1. The number of likely N-dealkylation sites (N-methyl/N-ethyl adjacent to an activating group) is 1. The number of nitrogens with one attached hydrogen (secondary N) is 2. The van der Waals surface area contributed by atoms with Crippen molar-refractivity contribution in [1.82, 2.24) is 10.6 Å². The maximum Gasteiger partial charge on any atom is 0.252 e. The molecule has 19 heavy (non-hydrogen) atoms. The Morgan fingerprint density at radius 3 is 2.68 bits per heavy atom. The topological polar surface area (TPSA) is 84.2 Å². The van der Waals surface area contributed by atoms with Gasteiger partial charge in [0.2, 0.25) is 5.91 Å². The lowest BCUT2D eigenvalue weighted by Crippen LogP contribution is -2.37. The van der Waals surface area contributed by atoms with Crippen LogP contribution in [-0.4, -0.2) is 37.2 Å². The molecule has 0 aliphatic carbocycles. The molecule has 1 rings (SSSR count). The van der Waals surface area contributed by atoms with Crippen LogP contribution in [0.25, 0.3) is 0 Å². The van der Waals surface area contributed by atoms with Crippen LogP contribution in [0.4, 0.5) is 0 Å². The molecular formula is C13H19N3O2S. The van der Waals surface area contributed by atoms with E-state index in [-0.39, 0.29) is 17.7 Å². The minimum Gasteiger partial charge on any atom is -0.369 e. The van der Waals surface area contributed by atoms with Crippen molar-refractivity contribution in [3.8, 4) is 0 Å². The number of amides is 2. The van der Waals surface area contributed by atoms with Gasteiger partial charge in [-0.2, -0.15) is 0 Å². The lowest BCUT2D eigenvalue weighted by atomic mass is 10.2. The van der Waals surface area contributed by atoms with Crippen molar-refractivity contribution in [1.29, 1.82) is 0 Å². The molecule has 0 bridgehead atoms. The van der Waals surface area contributed by atoms with Gasteiger partial charge in [0.15, 0.2) is 0 Å². The van der Waals surface area contributed by atoms with Crippen molar-refractivity contribution in [3.63, 3.8) is 0 Å². The molecule has 5 nitrogen and oxygen atoms in total. The normalized spacial score (nSPS) is 11.9. The van der Waals surface area contributed by atoms with Gasteiger partial charge in [0, 0.05) is 17.5 Å². The highest BCUT2D eigenvalue weighted by molar-refractivity contribution is 8.00. The predicted octanol–water partition coefficient (Wildman–Crippen LogP) is 0.602. The molecule has 6 heteroatoms. The minimum atomic E-state index is -0.399. The molecule has 0 heterocycles. The Balaban J connectivity index is 2.70. The molecule has 1 unspecified atom stereocenters. The third-order valence-electron chi connectivity index (χ3n) is 2.56. The number of rotatable bonds is 7. The van der Waals surface area contributed by atoms with Crippen LogP contribution in [-0.2, 0) is 4.79 Å². The number of nitrogens with two attached hydrogens (primary N) is 1. The fraction of sp³-hybridized carbons (Fsp3) is 0.385. The highest BCUT2D eigenvalue weighted by Gasteiger charge is 2.12. The molecule has 0 radical (unpaired) electrons. The summed E-state index contributed by atoms with van der Waals surface area (Å²) in [6.45, 7) is 2.53. The van der Waals surface area contributed by atoms with E-state index in [0.717, 1.165) is 4.90 Å². The summed E-state index contributed by atoms with van der Waals surface area (Å²) >= 11 is 1.27. The Kier molecular flexibility index (Phi) is 6.38. The Morgan fingerprint density at radius 1 is 1.37 bits per heavy atom. The second kappa shape index (κ2) is 7.81. The molecule has 0 aliphatic heterocycles. The van der Waals surface area contributed by atoms with Crippen LogP contribution in [0.2, 0.25) is 0 Å². The van der Waals surface area contributed by atoms with Gasteiger partial charge in [-0.15, -0.1) is 11.8 Å². The summed E-state index contributed by atoms with van der Waals surface area (Å²) in [6.07, 6.45) is 0. The Bertz CT molecular complexity index is 451. The number of hydrogen-bond donors (Lipinski definition) is 3. The van der Waals surface area contributed by atoms with E-state index in [1.807, 2.05) is 26.1 Å². The van der Waals surface area contributed by atoms with Crippen LogP contribution < -0.4 is 16.4 Å². The van der Waals surface area contributed by atoms with Gasteiger partial charge < -0.3 is 16.4 Å². The average Bonchev–Trinajstić information content (AvgIpc) is 2.42. The number of carbonyl (C=O) groups excluding carboxylic acids is 2. The van der Waals surface area contributed by atoms with Gasteiger partial charge in [-0.3, -0.25) is 9.59 Å². The first-order chi connectivity index (χ1) is 9.04. The predicted molar refractivity (Wildman–Crippen MR) is 77.2 cm³/mol. The van der Waals surface area contributed by atoms with Gasteiger partial charge in [0.1, 0.15) is 0 Å². The standard InChI is InChI=1S/C13H19N3O2S/c1-9(15-2)7-16-13(18)10-5-3-4-6-11(10)19-8-12(14)17/h3-6,9,15H,7-8H2,1-2H3,(H2,14,17)(H,16,18). The highest BCUT2D eigenvalue weighted by Crippen LogP contribution is 2.22. The fourth-order valence-electron chi connectivity index (χ4n) is 1.37. The third-order valence-corrected chi connectivity index (χ3v) is 3.66. The SMILES string of the molecule is CNC(C)CNC(=O)c1ccccc1SCC(N)=O. The molecule has 2 amide bonds. The van der Waals surface area contributed by atoms with E-state index in [9.17, 15) is 9.59 Å². The van der Waals surface area contributed by atoms with Gasteiger partial charge in [-0.1, -0.05) is 12.1 Å². The largest absolute Gasteiger partial charge is 0.369 e. The molecule has 0 spiro atoms. The van der Waals surface area contributed by atoms with Gasteiger partial charge in [-0.05, 0) is 26.1 Å². The summed E-state index contributed by atoms with van der Waals surface area (Å²) in [5.41, 5.74) is 5.68. The van der Waals surface area contributed by atoms with Crippen molar-refractivity contribution in [2.75, 3.05) is 19.3 Å². The Morgan fingerprint density at radius 2 is 2.05 bits per heavy atom. The van der Waals surface area contributed by atoms with Gasteiger partial charge in [0.05, 0.1) is 11.3 Å². The number of primary amides is 1. The van der Waals surface area contributed by atoms with Crippen molar-refractivity contribution >= 4 is 23.6 Å². The summed E-state index contributed by atoms with van der Waals surface area (Å²) < 4.78 is 0. The van der Waals surface area contributed by atoms with Gasteiger partial charge in [-0.25, -0.2) is 0 Å². The van der Waals surface area contributed by atoms with Crippen LogP contribution >= 0.6 is 11.8 Å². The minimum absolute atomic E-state index is 0.144. The molecule has 0 fully saturated rings. The van der Waals surface area contributed by atoms with Gasteiger partial charge >= 0.3 is 0 Å². The summed E-state index contributed by atoms with van der Waals surface area (Å²) in [6, 6.07) is 7.38. The Hall–Kier alpha value is -1.53. The van der Waals surface area contributed by atoms with E-state index >= 15 is 0 Å². The number of benzene rings is 1. The van der Waals surface area contributed by atoms with E-state index in [2.05, 4.69) is 10.6 Å². The second-order valence-corrected chi connectivity index (χ2v) is 5.17. The molecule has 1 atom stereocenters. The third kappa shape index (κ3) is 5.32. The van der Waals surface area contributed by atoms with Gasteiger partial charge in [0.25, 0.3) is 5.91 Å². The molecule has 4 N–H and O–H groups in total. The zero-order chi connectivity index (χ0) is 14.3. The average molecular weight is 281 g/mol. The fourth-order valence-corrected chi connectivity index (χ4v) is 2.16. The highest BCUT2D eigenvalue weighted by atomic mass is 32.2. The van der Waals surface area contributed by atoms with Crippen LogP contribution in [0.1, 0.15) is 17.3 Å². The summed E-state index contributed by atoms with van der Waals surface area (Å²) in [4.78, 5) is 23.6. The van der Waals surface area contributed by atoms with Crippen molar-refractivity contribution in [2.24, 2.45) is 5.73 Å². The Labute approximate surface area is 117 Å². The number of carbonyl (C=O) groups is 2. The molecular weight excluding hydrogens is 262 g/mol.